The van der Waals surface area contributed by atoms with Crippen LogP contribution in [0.1, 0.15) is 34.1 Å². The van der Waals surface area contributed by atoms with Crippen LogP contribution in [-0.4, -0.2) is 16.8 Å². The van der Waals surface area contributed by atoms with Gasteiger partial charge in [0.1, 0.15) is 0 Å². The first-order valence-corrected chi connectivity index (χ1v) is 6.52. The Morgan fingerprint density at radius 1 is 1.25 bits per heavy atom. The summed E-state index contributed by atoms with van der Waals surface area (Å²) in [6, 6.07) is 0. The second-order valence-electron chi connectivity index (χ2n) is 3.74. The second kappa shape index (κ2) is 7.14. The predicted molar refractivity (Wildman–Crippen MR) is 64.4 cm³/mol. The van der Waals surface area contributed by atoms with Gasteiger partial charge in [0, 0.05) is 5.25 Å². The summed E-state index contributed by atoms with van der Waals surface area (Å²) in [5.41, 5.74) is 0. The number of rotatable bonds is 6. The van der Waals surface area contributed by atoms with Crippen molar-refractivity contribution in [2.24, 2.45) is 11.8 Å². The highest BCUT2D eigenvalue weighted by Gasteiger charge is 2.10. The lowest BCUT2D eigenvalue weighted by Crippen LogP contribution is -2.11. The molecule has 74 valence electrons. The van der Waals surface area contributed by atoms with Gasteiger partial charge in [-0.3, -0.25) is 0 Å². The summed E-state index contributed by atoms with van der Waals surface area (Å²) in [5, 5.41) is 0.791. The molecule has 12 heavy (non-hydrogen) atoms. The third kappa shape index (κ3) is 5.36. The van der Waals surface area contributed by atoms with Gasteiger partial charge in [0.05, 0.1) is 0 Å². The van der Waals surface area contributed by atoms with Gasteiger partial charge in [-0.05, 0) is 23.3 Å². The molecule has 0 aliphatic rings. The molecular weight excluding hydrogens is 184 g/mol. The van der Waals surface area contributed by atoms with Gasteiger partial charge in [0.15, 0.2) is 0 Å². The van der Waals surface area contributed by atoms with Gasteiger partial charge in [-0.25, -0.2) is 0 Å². The first kappa shape index (κ1) is 12.7. The Bertz CT molecular complexity index is 96.0. The predicted octanol–water partition coefficient (Wildman–Crippen LogP) is 3.72. The quantitative estimate of drug-likeness (QED) is 0.646. The van der Waals surface area contributed by atoms with Crippen LogP contribution in [0.4, 0.5) is 0 Å². The first-order chi connectivity index (χ1) is 5.61. The molecule has 2 heteroatoms. The van der Waals surface area contributed by atoms with Gasteiger partial charge in [-0.2, -0.15) is 24.4 Å². The van der Waals surface area contributed by atoms with E-state index in [0.717, 1.165) is 22.8 Å². The zero-order chi connectivity index (χ0) is 9.56. The molecule has 0 aliphatic heterocycles. The second-order valence-corrected chi connectivity index (χ2v) is 5.51. The van der Waals surface area contributed by atoms with Crippen molar-refractivity contribution in [3.63, 3.8) is 0 Å². The molecule has 0 amide bonds. The highest BCUT2D eigenvalue weighted by atomic mass is 32.2. The molecule has 0 heterocycles. The normalized spacial score (nSPS) is 16.5. The van der Waals surface area contributed by atoms with Crippen LogP contribution in [0.5, 0.6) is 0 Å². The monoisotopic (exact) mass is 206 g/mol. The van der Waals surface area contributed by atoms with Crippen molar-refractivity contribution < 1.29 is 0 Å². The maximum atomic E-state index is 4.34. The molecule has 0 rings (SSSR count). The van der Waals surface area contributed by atoms with E-state index >= 15 is 0 Å². The third-order valence-electron chi connectivity index (χ3n) is 2.37. The van der Waals surface area contributed by atoms with Gasteiger partial charge in [0.25, 0.3) is 0 Å². The van der Waals surface area contributed by atoms with Crippen molar-refractivity contribution in [2.75, 3.05) is 11.5 Å². The highest BCUT2D eigenvalue weighted by Crippen LogP contribution is 2.22. The SMILES string of the molecule is CCC(CS)CSC(C)C(C)C. The van der Waals surface area contributed by atoms with Gasteiger partial charge in [-0.1, -0.05) is 34.1 Å². The number of thiol groups is 1. The van der Waals surface area contributed by atoms with Crippen molar-refractivity contribution >= 4 is 24.4 Å². The van der Waals surface area contributed by atoms with Crippen LogP contribution in [0.15, 0.2) is 0 Å². The van der Waals surface area contributed by atoms with E-state index in [1.54, 1.807) is 0 Å². The Morgan fingerprint density at radius 2 is 1.83 bits per heavy atom. The molecule has 0 aliphatic carbocycles. The highest BCUT2D eigenvalue weighted by molar-refractivity contribution is 7.99. The number of hydrogen-bond acceptors (Lipinski definition) is 2. The van der Waals surface area contributed by atoms with Gasteiger partial charge >= 0.3 is 0 Å². The molecule has 0 aromatic carbocycles. The molecule has 2 atom stereocenters. The number of thioether (sulfide) groups is 1. The third-order valence-corrected chi connectivity index (χ3v) is 4.62. The Morgan fingerprint density at radius 3 is 2.17 bits per heavy atom. The Balaban J connectivity index is 3.51. The van der Waals surface area contributed by atoms with Gasteiger partial charge < -0.3 is 0 Å². The average Bonchev–Trinajstić information content (AvgIpc) is 2.05. The van der Waals surface area contributed by atoms with E-state index in [1.165, 1.54) is 12.2 Å². The minimum atomic E-state index is 0.791. The minimum Gasteiger partial charge on any atom is -0.179 e. The maximum absolute atomic E-state index is 4.34. The molecule has 0 saturated carbocycles. The van der Waals surface area contributed by atoms with E-state index < -0.39 is 0 Å². The van der Waals surface area contributed by atoms with E-state index in [-0.39, 0.29) is 0 Å². The van der Waals surface area contributed by atoms with Crippen molar-refractivity contribution in [1.82, 2.24) is 0 Å². The van der Waals surface area contributed by atoms with E-state index in [1.807, 2.05) is 0 Å². The van der Waals surface area contributed by atoms with Crippen molar-refractivity contribution in [3.05, 3.63) is 0 Å². The Labute approximate surface area is 87.3 Å². The summed E-state index contributed by atoms with van der Waals surface area (Å²) in [6.45, 7) is 9.15. The molecule has 0 aromatic heterocycles. The molecule has 0 N–H and O–H groups in total. The topological polar surface area (TPSA) is 0 Å². The van der Waals surface area contributed by atoms with Crippen LogP contribution < -0.4 is 0 Å². The standard InChI is InChI=1S/C10H22S2/c1-5-10(6-11)7-12-9(4)8(2)3/h8-11H,5-7H2,1-4H3. The lowest BCUT2D eigenvalue weighted by atomic mass is 10.1. The van der Waals surface area contributed by atoms with E-state index in [0.29, 0.717) is 0 Å². The van der Waals surface area contributed by atoms with Crippen molar-refractivity contribution in [1.29, 1.82) is 0 Å². The summed E-state index contributed by atoms with van der Waals surface area (Å²) >= 11 is 6.43. The minimum absolute atomic E-state index is 0.791. The molecule has 0 bridgehead atoms. The molecule has 2 unspecified atom stereocenters. The summed E-state index contributed by atoms with van der Waals surface area (Å²) in [5.74, 6) is 3.92. The molecule has 0 radical (unpaired) electrons. The molecule has 0 saturated heterocycles. The Hall–Kier alpha value is 0.700. The molecular formula is C10H22S2. The van der Waals surface area contributed by atoms with Crippen LogP contribution in [-0.2, 0) is 0 Å². The zero-order valence-corrected chi connectivity index (χ0v) is 10.4. The fraction of sp³-hybridized carbons (Fsp3) is 1.00. The van der Waals surface area contributed by atoms with Crippen LogP contribution in [0.3, 0.4) is 0 Å². The Kier molecular flexibility index (Phi) is 7.55. The van der Waals surface area contributed by atoms with E-state index in [4.69, 9.17) is 0 Å². The summed E-state index contributed by atoms with van der Waals surface area (Å²) < 4.78 is 0. The zero-order valence-electron chi connectivity index (χ0n) is 8.71. The summed E-state index contributed by atoms with van der Waals surface area (Å²) in [4.78, 5) is 0. The molecule has 0 fully saturated rings. The van der Waals surface area contributed by atoms with E-state index in [9.17, 15) is 0 Å². The average molecular weight is 206 g/mol. The lowest BCUT2D eigenvalue weighted by Gasteiger charge is -2.18. The summed E-state index contributed by atoms with van der Waals surface area (Å²) in [6.07, 6.45) is 1.27. The van der Waals surface area contributed by atoms with Crippen molar-refractivity contribution in [2.45, 2.75) is 39.4 Å². The maximum Gasteiger partial charge on any atom is 0.00418 e. The van der Waals surface area contributed by atoms with Crippen LogP contribution >= 0.6 is 24.4 Å². The molecule has 0 aromatic rings. The van der Waals surface area contributed by atoms with Crippen molar-refractivity contribution in [3.8, 4) is 0 Å². The lowest BCUT2D eigenvalue weighted by molar-refractivity contribution is 0.624. The van der Waals surface area contributed by atoms with Crippen LogP contribution in [0, 0.1) is 11.8 Å². The first-order valence-electron chi connectivity index (χ1n) is 4.84. The number of hydrogen-bond donors (Lipinski definition) is 1. The van der Waals surface area contributed by atoms with E-state index in [2.05, 4.69) is 52.1 Å². The van der Waals surface area contributed by atoms with Gasteiger partial charge in [0.2, 0.25) is 0 Å². The smallest absolute Gasteiger partial charge is 0.00418 e. The van der Waals surface area contributed by atoms with Gasteiger partial charge in [-0.15, -0.1) is 0 Å². The molecule has 0 nitrogen and oxygen atoms in total. The van der Waals surface area contributed by atoms with Crippen LogP contribution in [0.2, 0.25) is 0 Å². The van der Waals surface area contributed by atoms with Crippen LogP contribution in [0.25, 0.3) is 0 Å². The summed E-state index contributed by atoms with van der Waals surface area (Å²) in [7, 11) is 0. The largest absolute Gasteiger partial charge is 0.179 e. The molecule has 0 spiro atoms. The fourth-order valence-corrected chi connectivity index (χ4v) is 2.66. The fourth-order valence-electron chi connectivity index (χ4n) is 0.780.